The summed E-state index contributed by atoms with van der Waals surface area (Å²) in [5.74, 6) is -0.303. The van der Waals surface area contributed by atoms with E-state index in [0.717, 1.165) is 38.5 Å². The van der Waals surface area contributed by atoms with E-state index in [1.807, 2.05) is 6.08 Å². The zero-order valence-corrected chi connectivity index (χ0v) is 47.7. The van der Waals surface area contributed by atoms with E-state index in [9.17, 15) is 61.0 Å². The second-order valence-electron chi connectivity index (χ2n) is 22.2. The number of aliphatic hydroxyl groups excluding tert-OH is 11. The van der Waals surface area contributed by atoms with E-state index >= 15 is 0 Å². The summed E-state index contributed by atoms with van der Waals surface area (Å²) in [7, 11) is 0. The molecule has 78 heavy (non-hydrogen) atoms. The van der Waals surface area contributed by atoms with Gasteiger partial charge in [-0.15, -0.1) is 0 Å². The van der Waals surface area contributed by atoms with E-state index in [2.05, 4.69) is 31.3 Å². The molecule has 12 N–H and O–H groups in total. The van der Waals surface area contributed by atoms with Crippen LogP contribution in [0, 0.1) is 0 Å². The number of aliphatic hydroxyl groups is 11. The summed E-state index contributed by atoms with van der Waals surface area (Å²) in [5, 5.41) is 119. The molecule has 3 saturated heterocycles. The third-order valence-electron chi connectivity index (χ3n) is 15.5. The Bertz CT molecular complexity index is 1530. The van der Waals surface area contributed by atoms with E-state index in [4.69, 9.17) is 28.4 Å². The molecule has 0 spiro atoms. The van der Waals surface area contributed by atoms with Crippen molar-refractivity contribution in [2.45, 2.75) is 317 Å². The smallest absolute Gasteiger partial charge is 0.220 e. The monoisotopic (exact) mass is 1120 g/mol. The molecule has 0 saturated carbocycles. The summed E-state index contributed by atoms with van der Waals surface area (Å²) < 4.78 is 34.0. The van der Waals surface area contributed by atoms with Gasteiger partial charge in [0.15, 0.2) is 18.9 Å². The Morgan fingerprint density at radius 1 is 0.449 bits per heavy atom. The molecule has 458 valence electrons. The molecule has 0 bridgehead atoms. The minimum absolute atomic E-state index is 0.228. The number of carbonyl (C=O) groups is 1. The topological polar surface area (TPSA) is 307 Å². The molecule has 3 rings (SSSR count). The Labute approximate surface area is 467 Å². The lowest BCUT2D eigenvalue weighted by atomic mass is 9.96. The fourth-order valence-corrected chi connectivity index (χ4v) is 10.4. The first kappa shape index (κ1) is 70.5. The molecule has 3 heterocycles. The van der Waals surface area contributed by atoms with Crippen molar-refractivity contribution in [3.8, 4) is 0 Å². The van der Waals surface area contributed by atoms with Crippen LogP contribution in [0.2, 0.25) is 0 Å². The van der Waals surface area contributed by atoms with Gasteiger partial charge in [-0.1, -0.05) is 199 Å². The third-order valence-corrected chi connectivity index (χ3v) is 15.5. The van der Waals surface area contributed by atoms with Gasteiger partial charge in [-0.3, -0.25) is 4.79 Å². The predicted octanol–water partition coefficient (Wildman–Crippen LogP) is 5.54. The van der Waals surface area contributed by atoms with Crippen molar-refractivity contribution in [2.24, 2.45) is 0 Å². The van der Waals surface area contributed by atoms with Crippen molar-refractivity contribution in [3.05, 3.63) is 24.3 Å². The number of carbonyl (C=O) groups excluding carboxylic acids is 1. The van der Waals surface area contributed by atoms with Crippen LogP contribution in [0.5, 0.6) is 0 Å². The summed E-state index contributed by atoms with van der Waals surface area (Å²) in [6.07, 6.45) is 18.6. The summed E-state index contributed by atoms with van der Waals surface area (Å²) in [5.41, 5.74) is 0. The van der Waals surface area contributed by atoms with E-state index < -0.39 is 124 Å². The summed E-state index contributed by atoms with van der Waals surface area (Å²) in [6, 6.07) is -0.982. The van der Waals surface area contributed by atoms with Gasteiger partial charge in [-0.2, -0.15) is 0 Å². The number of allylic oxidation sites excluding steroid dienone is 3. The maximum Gasteiger partial charge on any atom is 0.220 e. The molecule has 19 heteroatoms. The Morgan fingerprint density at radius 2 is 0.821 bits per heavy atom. The van der Waals surface area contributed by atoms with Gasteiger partial charge in [0.2, 0.25) is 5.91 Å². The fraction of sp³-hybridized carbons (Fsp3) is 0.915. The number of hydrogen-bond acceptors (Lipinski definition) is 18. The molecule has 17 unspecified atom stereocenters. The first-order chi connectivity index (χ1) is 37.8. The SMILES string of the molecule is CCCCCCCCCCCCCCCCCCCCCCCCC/C=C/CC/C=C/C(O)C(COC1OC(CO)C(OC2OC(CO)C(OC3OC(CO)C(O)C(O)C3O)C(O)C2O)C(O)C1O)NC(=O)CCCCCC. The molecule has 0 aromatic carbocycles. The highest BCUT2D eigenvalue weighted by Crippen LogP contribution is 2.33. The molecule has 1 amide bonds. The molecule has 0 radical (unpaired) electrons. The van der Waals surface area contributed by atoms with Crippen molar-refractivity contribution in [1.29, 1.82) is 0 Å². The summed E-state index contributed by atoms with van der Waals surface area (Å²) in [6.45, 7) is 1.56. The standard InChI is InChI=1S/C59H109NO18/c1-3-5-7-9-10-11-12-13-14-15-16-17-18-19-20-21-22-23-24-25-26-27-28-29-30-31-32-33-34-36-43(64)42(60-47(65)37-35-8-6-4-2)41-73-57-53(71)50(68)55(45(39-62)75-57)78-59-54(72)51(69)56(46(40-63)76-59)77-58-52(70)49(67)48(66)44(38-61)74-58/h30-31,34,36,42-46,48-59,61-64,66-72H,3-29,32-33,35,37-41H2,1-2H3,(H,60,65)/b31-30+,36-34+. The largest absolute Gasteiger partial charge is 0.394 e. The molecule has 0 aromatic heterocycles. The number of hydrogen-bond donors (Lipinski definition) is 12. The normalized spacial score (nSPS) is 30.6. The van der Waals surface area contributed by atoms with Crippen LogP contribution < -0.4 is 5.32 Å². The van der Waals surface area contributed by atoms with E-state index in [1.54, 1.807) is 6.08 Å². The lowest BCUT2D eigenvalue weighted by molar-refractivity contribution is -0.379. The van der Waals surface area contributed by atoms with Gasteiger partial charge in [0.1, 0.15) is 73.2 Å². The second-order valence-corrected chi connectivity index (χ2v) is 22.2. The zero-order valence-electron chi connectivity index (χ0n) is 47.7. The second kappa shape index (κ2) is 43.0. The average molecular weight is 1120 g/mol. The molecule has 17 atom stereocenters. The van der Waals surface area contributed by atoms with Crippen LogP contribution in [0.3, 0.4) is 0 Å². The number of rotatable bonds is 45. The number of unbranched alkanes of at least 4 members (excludes halogenated alkanes) is 27. The van der Waals surface area contributed by atoms with E-state index in [0.29, 0.717) is 12.8 Å². The predicted molar refractivity (Wildman–Crippen MR) is 296 cm³/mol. The van der Waals surface area contributed by atoms with E-state index in [-0.39, 0.29) is 18.9 Å². The highest BCUT2D eigenvalue weighted by atomic mass is 16.8. The molecule has 3 aliphatic rings. The van der Waals surface area contributed by atoms with Crippen molar-refractivity contribution in [3.63, 3.8) is 0 Å². The molecule has 0 aromatic rings. The van der Waals surface area contributed by atoms with Crippen LogP contribution in [0.25, 0.3) is 0 Å². The van der Waals surface area contributed by atoms with Gasteiger partial charge >= 0.3 is 0 Å². The first-order valence-electron chi connectivity index (χ1n) is 30.6. The van der Waals surface area contributed by atoms with Gasteiger partial charge in [-0.05, 0) is 32.1 Å². The first-order valence-corrected chi connectivity index (χ1v) is 30.6. The van der Waals surface area contributed by atoms with Crippen LogP contribution in [0.1, 0.15) is 213 Å². The third kappa shape index (κ3) is 26.7. The van der Waals surface area contributed by atoms with Gasteiger partial charge < -0.3 is 89.9 Å². The summed E-state index contributed by atoms with van der Waals surface area (Å²) in [4.78, 5) is 13.0. The molecule has 0 aliphatic carbocycles. The Morgan fingerprint density at radius 3 is 1.28 bits per heavy atom. The van der Waals surface area contributed by atoms with E-state index in [1.165, 1.54) is 141 Å². The van der Waals surface area contributed by atoms with Crippen molar-refractivity contribution in [2.75, 3.05) is 26.4 Å². The maximum atomic E-state index is 13.0. The van der Waals surface area contributed by atoms with Gasteiger partial charge in [0.25, 0.3) is 0 Å². The van der Waals surface area contributed by atoms with Crippen molar-refractivity contribution >= 4 is 5.91 Å². The van der Waals surface area contributed by atoms with Gasteiger partial charge in [-0.25, -0.2) is 0 Å². The van der Waals surface area contributed by atoms with Crippen molar-refractivity contribution in [1.82, 2.24) is 5.32 Å². The number of amides is 1. The number of nitrogens with one attached hydrogen (secondary N) is 1. The minimum atomic E-state index is -1.98. The van der Waals surface area contributed by atoms with Crippen LogP contribution in [-0.2, 0) is 33.2 Å². The highest BCUT2D eigenvalue weighted by molar-refractivity contribution is 5.76. The Balaban J connectivity index is 1.36. The Kier molecular flexibility index (Phi) is 38.9. The number of ether oxygens (including phenoxy) is 6. The molecular weight excluding hydrogens is 1010 g/mol. The van der Waals surface area contributed by atoms with Crippen LogP contribution in [-0.4, -0.2) is 193 Å². The van der Waals surface area contributed by atoms with Gasteiger partial charge in [0, 0.05) is 6.42 Å². The van der Waals surface area contributed by atoms with Gasteiger partial charge in [0.05, 0.1) is 38.6 Å². The lowest BCUT2D eigenvalue weighted by Gasteiger charge is -2.48. The van der Waals surface area contributed by atoms with Crippen molar-refractivity contribution < 1.29 is 89.4 Å². The zero-order chi connectivity index (χ0) is 56.9. The molecule has 3 fully saturated rings. The average Bonchev–Trinajstić information content (AvgIpc) is 3.44. The van der Waals surface area contributed by atoms with Crippen LogP contribution in [0.4, 0.5) is 0 Å². The quantitative estimate of drug-likeness (QED) is 0.0263. The fourth-order valence-electron chi connectivity index (χ4n) is 10.4. The maximum absolute atomic E-state index is 13.0. The Hall–Kier alpha value is -1.73. The molecule has 19 nitrogen and oxygen atoms in total. The molecular formula is C59H109NO18. The summed E-state index contributed by atoms with van der Waals surface area (Å²) >= 11 is 0. The highest BCUT2D eigenvalue weighted by Gasteiger charge is 2.53. The van der Waals surface area contributed by atoms with Crippen LogP contribution in [0.15, 0.2) is 24.3 Å². The van der Waals surface area contributed by atoms with Crippen LogP contribution >= 0.6 is 0 Å². The lowest BCUT2D eigenvalue weighted by Crippen LogP contribution is -2.66. The minimum Gasteiger partial charge on any atom is -0.394 e. The molecule has 3 aliphatic heterocycles.